The average Bonchev–Trinajstić information content (AvgIpc) is 3.56. The van der Waals surface area contributed by atoms with E-state index >= 15 is 0 Å². The van der Waals surface area contributed by atoms with Gasteiger partial charge in [-0.15, -0.1) is 10.2 Å². The second-order valence-corrected chi connectivity index (χ2v) is 9.79. The van der Waals surface area contributed by atoms with E-state index in [4.69, 9.17) is 13.9 Å². The third-order valence-corrected chi connectivity index (χ3v) is 7.42. The molecule has 1 N–H and O–H groups in total. The van der Waals surface area contributed by atoms with Crippen LogP contribution in [0.15, 0.2) is 41.0 Å². The second kappa shape index (κ2) is 10.3. The molecule has 1 aromatic carbocycles. The topological polar surface area (TPSA) is 138 Å². The number of benzene rings is 1. The van der Waals surface area contributed by atoms with Gasteiger partial charge in [0.2, 0.25) is 5.82 Å². The van der Waals surface area contributed by atoms with Crippen molar-refractivity contribution in [3.8, 4) is 28.8 Å². The molecule has 0 saturated carbocycles. The molecule has 0 unspecified atom stereocenters. The number of hydrogen-bond donors (Lipinski definition) is 1. The maximum atomic E-state index is 13.6. The zero-order valence-electron chi connectivity index (χ0n) is 19.6. The number of aromatic nitrogens is 3. The number of halogens is 3. The molecule has 0 spiro atoms. The van der Waals surface area contributed by atoms with Crippen LogP contribution < -0.4 is 19.3 Å². The van der Waals surface area contributed by atoms with E-state index in [1.54, 1.807) is 6.07 Å². The van der Waals surface area contributed by atoms with E-state index in [-0.39, 0.29) is 46.2 Å². The molecule has 0 amide bonds. The number of carbonyl (C=O) groups is 1. The molecule has 1 aliphatic heterocycles. The van der Waals surface area contributed by atoms with Gasteiger partial charge in [-0.05, 0) is 43.7 Å². The number of piperidine rings is 1. The number of alkyl halides is 3. The molecule has 1 saturated heterocycles. The molecule has 0 radical (unpaired) electrons. The molecule has 200 valence electrons. The highest BCUT2D eigenvalue weighted by Crippen LogP contribution is 2.39. The Bertz CT molecular complexity index is 1330. The normalized spacial score (nSPS) is 16.3. The number of sulfonamides is 1. The second-order valence-electron chi connectivity index (χ2n) is 7.76. The van der Waals surface area contributed by atoms with Crippen LogP contribution in [0.3, 0.4) is 0 Å². The van der Waals surface area contributed by atoms with Crippen molar-refractivity contribution < 1.29 is 45.1 Å². The first kappa shape index (κ1) is 26.3. The van der Waals surface area contributed by atoms with Gasteiger partial charge in [-0.25, -0.2) is 17.8 Å². The van der Waals surface area contributed by atoms with E-state index in [2.05, 4.69) is 20.4 Å². The van der Waals surface area contributed by atoms with Gasteiger partial charge in [-0.3, -0.25) is 0 Å². The first-order valence-electron chi connectivity index (χ1n) is 10.8. The Kier molecular flexibility index (Phi) is 7.31. The highest BCUT2D eigenvalue weighted by Gasteiger charge is 2.48. The molecule has 1 aliphatic rings. The van der Waals surface area contributed by atoms with Gasteiger partial charge in [0.1, 0.15) is 17.2 Å². The summed E-state index contributed by atoms with van der Waals surface area (Å²) in [4.78, 5) is 16.4. The maximum absolute atomic E-state index is 13.6. The van der Waals surface area contributed by atoms with Gasteiger partial charge in [0.15, 0.2) is 5.76 Å². The number of nitrogens with one attached hydrogen (secondary N) is 1. The fraction of sp³-hybridized carbons (Fsp3) is 0.381. The molecular weight excluding hydrogens is 523 g/mol. The lowest BCUT2D eigenvalue weighted by Gasteiger charge is -2.29. The van der Waals surface area contributed by atoms with Gasteiger partial charge in [-0.1, -0.05) is 10.5 Å². The van der Waals surface area contributed by atoms with Crippen molar-refractivity contribution in [3.05, 3.63) is 36.6 Å². The predicted octanol–water partition coefficient (Wildman–Crippen LogP) is 2.45. The van der Waals surface area contributed by atoms with Gasteiger partial charge < -0.3 is 24.0 Å². The zero-order valence-corrected chi connectivity index (χ0v) is 20.4. The van der Waals surface area contributed by atoms with Crippen molar-refractivity contribution >= 4 is 21.9 Å². The van der Waals surface area contributed by atoms with Crippen molar-refractivity contribution in [1.82, 2.24) is 20.1 Å². The fourth-order valence-electron chi connectivity index (χ4n) is 3.76. The summed E-state index contributed by atoms with van der Waals surface area (Å²) in [5.41, 5.74) is 0.0175. The Hall–Kier alpha value is -3.79. The van der Waals surface area contributed by atoms with Crippen molar-refractivity contribution in [1.29, 1.82) is 0 Å². The van der Waals surface area contributed by atoms with Crippen molar-refractivity contribution in [2.45, 2.75) is 24.3 Å². The number of anilines is 1. The highest BCUT2D eigenvalue weighted by atomic mass is 32.2. The first-order valence-corrected chi connectivity index (χ1v) is 12.3. The number of para-hydroxylation sites is 1. The molecule has 3 aromatic rings. The van der Waals surface area contributed by atoms with Crippen molar-refractivity contribution in [3.63, 3.8) is 0 Å². The zero-order chi connectivity index (χ0) is 26.8. The number of ether oxygens (including phenoxy) is 2. The Morgan fingerprint density at radius 1 is 1.16 bits per heavy atom. The van der Waals surface area contributed by atoms with E-state index in [1.165, 1.54) is 44.7 Å². The molecular formula is C21H22F3N5O7S. The Balaban J connectivity index is 2.00. The van der Waals surface area contributed by atoms with Crippen LogP contribution >= 0.6 is 0 Å². The van der Waals surface area contributed by atoms with E-state index in [0.29, 0.717) is 13.0 Å². The number of rotatable bonds is 8. The van der Waals surface area contributed by atoms with Crippen LogP contribution in [0.2, 0.25) is 0 Å². The van der Waals surface area contributed by atoms with Gasteiger partial charge >= 0.3 is 12.1 Å². The van der Waals surface area contributed by atoms with Crippen LogP contribution in [0.4, 0.5) is 19.1 Å². The van der Waals surface area contributed by atoms with Gasteiger partial charge in [0.05, 0.1) is 25.7 Å². The maximum Gasteiger partial charge on any atom is 0.493 e. The van der Waals surface area contributed by atoms with Gasteiger partial charge in [-0.2, -0.15) is 13.2 Å². The predicted molar refractivity (Wildman–Crippen MR) is 122 cm³/mol. The van der Waals surface area contributed by atoms with Crippen LogP contribution in [-0.4, -0.2) is 67.9 Å². The number of carbonyl (C=O) groups excluding carboxylic acids is 1. The standard InChI is InChI=1S/C21H22F3N5O7S/c1-33-14-7-3-8-15(34-2)17(14)28-18(16-9-5-11-35-16)26-27-20(28)29(36-19(30)21(22,23)24)37(31,32)13-6-4-10-25-12-13/h3,5,7-9,11,13,25H,4,6,10,12H2,1-2H3/t13-/m1/s1. The summed E-state index contributed by atoms with van der Waals surface area (Å²) >= 11 is 0. The van der Waals surface area contributed by atoms with Crippen LogP contribution in [0, 0.1) is 0 Å². The van der Waals surface area contributed by atoms with E-state index < -0.39 is 33.4 Å². The molecule has 4 rings (SSSR count). The Morgan fingerprint density at radius 2 is 1.86 bits per heavy atom. The average molecular weight is 545 g/mol. The van der Waals surface area contributed by atoms with Crippen LogP contribution in [0.5, 0.6) is 11.5 Å². The Labute approximate surface area is 208 Å². The monoisotopic (exact) mass is 545 g/mol. The first-order chi connectivity index (χ1) is 17.6. The smallest absolute Gasteiger partial charge is 0.493 e. The summed E-state index contributed by atoms with van der Waals surface area (Å²) in [6, 6.07) is 7.55. The number of nitrogens with zero attached hydrogens (tertiary/aromatic N) is 4. The molecule has 37 heavy (non-hydrogen) atoms. The minimum atomic E-state index is -5.50. The minimum absolute atomic E-state index is 0.0175. The molecule has 2 aromatic heterocycles. The van der Waals surface area contributed by atoms with Crippen LogP contribution in [0.1, 0.15) is 12.8 Å². The van der Waals surface area contributed by atoms with Crippen LogP contribution in [-0.2, 0) is 19.7 Å². The third kappa shape index (κ3) is 5.06. The van der Waals surface area contributed by atoms with E-state index in [0.717, 1.165) is 4.57 Å². The summed E-state index contributed by atoms with van der Waals surface area (Å²) in [7, 11) is -2.13. The summed E-state index contributed by atoms with van der Waals surface area (Å²) in [6.07, 6.45) is -3.67. The van der Waals surface area contributed by atoms with Crippen molar-refractivity contribution in [2.24, 2.45) is 0 Å². The fourth-order valence-corrected chi connectivity index (χ4v) is 5.34. The number of furan rings is 1. The van der Waals surface area contributed by atoms with Gasteiger partial charge in [0.25, 0.3) is 16.0 Å². The highest BCUT2D eigenvalue weighted by molar-refractivity contribution is 7.93. The van der Waals surface area contributed by atoms with E-state index in [1.807, 2.05) is 0 Å². The summed E-state index contributed by atoms with van der Waals surface area (Å²) in [5, 5.41) is 9.42. The lowest BCUT2D eigenvalue weighted by atomic mass is 10.2. The summed E-state index contributed by atoms with van der Waals surface area (Å²) in [6.45, 7) is 0.436. The van der Waals surface area contributed by atoms with Crippen molar-refractivity contribution in [2.75, 3.05) is 31.8 Å². The molecule has 16 heteroatoms. The third-order valence-electron chi connectivity index (χ3n) is 5.48. The molecule has 0 bridgehead atoms. The Morgan fingerprint density at radius 3 is 2.41 bits per heavy atom. The molecule has 1 atom stereocenters. The number of methoxy groups -OCH3 is 2. The molecule has 12 nitrogen and oxygen atoms in total. The summed E-state index contributed by atoms with van der Waals surface area (Å²) in [5.74, 6) is -3.37. The lowest BCUT2D eigenvalue weighted by Crippen LogP contribution is -2.49. The quantitative estimate of drug-likeness (QED) is 0.420. The largest absolute Gasteiger partial charge is 0.494 e. The summed E-state index contributed by atoms with van der Waals surface area (Å²) < 4.78 is 84.0. The molecule has 3 heterocycles. The van der Waals surface area contributed by atoms with Gasteiger partial charge in [0, 0.05) is 6.54 Å². The molecule has 0 aliphatic carbocycles. The number of hydrogen-bond acceptors (Lipinski definition) is 10. The van der Waals surface area contributed by atoms with E-state index in [9.17, 15) is 26.4 Å². The molecule has 1 fully saturated rings. The minimum Gasteiger partial charge on any atom is -0.494 e. The van der Waals surface area contributed by atoms with Crippen LogP contribution in [0.25, 0.3) is 17.3 Å². The SMILES string of the molecule is COc1cccc(OC)c1-n1c(-c2ccco2)nnc1N(OC(=O)C(F)(F)F)S(=O)(=O)[C@@H]1CCCNC1. The lowest BCUT2D eigenvalue weighted by molar-refractivity contribution is -0.199.